The molecule has 2 aromatic rings. The number of carbonyl (C=O) groups excluding carboxylic acids is 1. The molecule has 5 nitrogen and oxygen atoms in total. The van der Waals surface area contributed by atoms with E-state index >= 15 is 0 Å². The topological polar surface area (TPSA) is 49.3 Å². The Morgan fingerprint density at radius 1 is 1.31 bits per heavy atom. The fraction of sp³-hybridized carbons (Fsp3) is 0.550. The van der Waals surface area contributed by atoms with Crippen LogP contribution in [0.4, 0.5) is 5.82 Å². The van der Waals surface area contributed by atoms with Gasteiger partial charge >= 0.3 is 0 Å². The molecule has 4 heterocycles. The predicted molar refractivity (Wildman–Crippen MR) is 105 cm³/mol. The van der Waals surface area contributed by atoms with Gasteiger partial charge in [-0.05, 0) is 50.2 Å². The monoisotopic (exact) mass is 370 g/mol. The molecule has 1 fully saturated rings. The summed E-state index contributed by atoms with van der Waals surface area (Å²) in [6.07, 6.45) is 2.66. The van der Waals surface area contributed by atoms with E-state index in [-0.39, 0.29) is 11.3 Å². The second kappa shape index (κ2) is 6.43. The van der Waals surface area contributed by atoms with E-state index in [1.807, 2.05) is 25.3 Å². The highest BCUT2D eigenvalue weighted by Gasteiger charge is 2.38. The summed E-state index contributed by atoms with van der Waals surface area (Å²) in [5.41, 5.74) is 3.25. The van der Waals surface area contributed by atoms with Gasteiger partial charge in [0, 0.05) is 41.7 Å². The van der Waals surface area contributed by atoms with Crippen molar-refractivity contribution in [3.63, 3.8) is 0 Å². The lowest BCUT2D eigenvalue weighted by Crippen LogP contribution is -2.45. The molecule has 0 saturated carbocycles. The number of thiophene rings is 1. The van der Waals surface area contributed by atoms with Gasteiger partial charge in [-0.15, -0.1) is 11.3 Å². The number of likely N-dealkylation sites (N-methyl/N-ethyl adjacent to an activating group) is 1. The van der Waals surface area contributed by atoms with Gasteiger partial charge in [-0.3, -0.25) is 14.6 Å². The molecule has 2 aliphatic rings. The van der Waals surface area contributed by atoms with Crippen LogP contribution in [0.1, 0.15) is 47.3 Å². The maximum atomic E-state index is 12.1. The Bertz CT molecular complexity index is 861. The highest BCUT2D eigenvalue weighted by molar-refractivity contribution is 7.10. The summed E-state index contributed by atoms with van der Waals surface area (Å²) in [4.78, 5) is 27.4. The fourth-order valence-electron chi connectivity index (χ4n) is 4.15. The minimum absolute atomic E-state index is 0.0737. The summed E-state index contributed by atoms with van der Waals surface area (Å²) in [5.74, 6) is 1.81. The number of fused-ring (bicyclic) bond motifs is 1. The Labute approximate surface area is 159 Å². The number of amides is 1. The molecular formula is C20H26N4OS. The lowest BCUT2D eigenvalue weighted by Gasteiger charge is -2.39. The van der Waals surface area contributed by atoms with Gasteiger partial charge < -0.3 is 0 Å². The summed E-state index contributed by atoms with van der Waals surface area (Å²) in [7, 11) is 1.82. The maximum Gasteiger partial charge on any atom is 0.232 e. The molecule has 1 unspecified atom stereocenters. The molecule has 2 aromatic heterocycles. The molecule has 0 aromatic carbocycles. The average Bonchev–Trinajstić information content (AvgIpc) is 3.12. The zero-order chi connectivity index (χ0) is 18.5. The van der Waals surface area contributed by atoms with Gasteiger partial charge in [0.05, 0.1) is 6.42 Å². The Morgan fingerprint density at radius 3 is 2.85 bits per heavy atom. The number of nitrogens with zero attached hydrogens (tertiary/aromatic N) is 4. The minimum Gasteiger partial charge on any atom is -0.299 e. The van der Waals surface area contributed by atoms with Crippen molar-refractivity contribution in [1.82, 2.24) is 14.9 Å². The number of aryl methyl sites for hydroxylation is 2. The first-order valence-electron chi connectivity index (χ1n) is 9.27. The van der Waals surface area contributed by atoms with Crippen LogP contribution in [0.15, 0.2) is 11.4 Å². The third-order valence-electron chi connectivity index (χ3n) is 5.86. The first-order chi connectivity index (χ1) is 12.4. The van der Waals surface area contributed by atoms with Crippen molar-refractivity contribution in [2.75, 3.05) is 25.0 Å². The van der Waals surface area contributed by atoms with Crippen molar-refractivity contribution >= 4 is 23.1 Å². The fourth-order valence-corrected chi connectivity index (χ4v) is 5.10. The number of hydrogen-bond donors (Lipinski definition) is 0. The molecule has 1 amide bonds. The van der Waals surface area contributed by atoms with E-state index in [1.165, 1.54) is 10.4 Å². The molecule has 0 bridgehead atoms. The van der Waals surface area contributed by atoms with E-state index in [0.29, 0.717) is 6.42 Å². The Hall–Kier alpha value is -1.79. The van der Waals surface area contributed by atoms with Crippen molar-refractivity contribution < 1.29 is 4.79 Å². The second-order valence-corrected chi connectivity index (χ2v) is 8.97. The number of aromatic nitrogens is 2. The molecule has 0 aliphatic carbocycles. The number of hydrogen-bond acceptors (Lipinski definition) is 5. The zero-order valence-corrected chi connectivity index (χ0v) is 16.8. The van der Waals surface area contributed by atoms with Gasteiger partial charge in [0.25, 0.3) is 0 Å². The molecular weight excluding hydrogens is 344 g/mol. The number of anilines is 1. The van der Waals surface area contributed by atoms with Gasteiger partial charge in [0.15, 0.2) is 0 Å². The molecule has 1 saturated heterocycles. The predicted octanol–water partition coefficient (Wildman–Crippen LogP) is 3.23. The van der Waals surface area contributed by atoms with Gasteiger partial charge in [0.2, 0.25) is 5.91 Å². The normalized spacial score (nSPS) is 23.5. The summed E-state index contributed by atoms with van der Waals surface area (Å²) >= 11 is 1.84. The summed E-state index contributed by atoms with van der Waals surface area (Å²) < 4.78 is 0. The standard InChI is InChI=1S/C20H26N4OS/c1-13-6-9-26-16(13)11-24-8-5-7-20(3,12-24)19-21-14(2)15-10-17(25)23(4)18(15)22-19/h6,9H,5,7-8,10-12H2,1-4H3. The Morgan fingerprint density at radius 2 is 2.12 bits per heavy atom. The number of likely N-dealkylation sites (tertiary alicyclic amines) is 1. The Kier molecular flexibility index (Phi) is 4.35. The number of piperidine rings is 1. The Balaban J connectivity index is 1.61. The zero-order valence-electron chi connectivity index (χ0n) is 16.0. The summed E-state index contributed by atoms with van der Waals surface area (Å²) in [6, 6.07) is 2.20. The highest BCUT2D eigenvalue weighted by Crippen LogP contribution is 2.36. The minimum atomic E-state index is -0.0737. The first kappa shape index (κ1) is 17.6. The lowest BCUT2D eigenvalue weighted by atomic mass is 9.80. The van der Waals surface area contributed by atoms with Crippen LogP contribution in [-0.4, -0.2) is 40.9 Å². The van der Waals surface area contributed by atoms with E-state index in [0.717, 1.165) is 55.4 Å². The van der Waals surface area contributed by atoms with Crippen LogP contribution in [-0.2, 0) is 23.2 Å². The van der Waals surface area contributed by atoms with Gasteiger partial charge in [0.1, 0.15) is 11.6 Å². The van der Waals surface area contributed by atoms with Crippen LogP contribution in [0, 0.1) is 13.8 Å². The smallest absolute Gasteiger partial charge is 0.232 e. The van der Waals surface area contributed by atoms with Crippen LogP contribution in [0.5, 0.6) is 0 Å². The summed E-state index contributed by atoms with van der Waals surface area (Å²) in [6.45, 7) is 9.56. The maximum absolute atomic E-state index is 12.1. The van der Waals surface area contributed by atoms with Crippen LogP contribution in [0.3, 0.4) is 0 Å². The van der Waals surface area contributed by atoms with E-state index in [1.54, 1.807) is 4.90 Å². The van der Waals surface area contributed by atoms with Gasteiger partial charge in [-0.2, -0.15) is 0 Å². The van der Waals surface area contributed by atoms with Crippen LogP contribution in [0.2, 0.25) is 0 Å². The van der Waals surface area contributed by atoms with Crippen LogP contribution >= 0.6 is 11.3 Å². The second-order valence-electron chi connectivity index (χ2n) is 7.97. The molecule has 26 heavy (non-hydrogen) atoms. The van der Waals surface area contributed by atoms with Crippen molar-refractivity contribution in [2.45, 2.75) is 52.0 Å². The molecule has 0 spiro atoms. The lowest BCUT2D eigenvalue weighted by molar-refractivity contribution is -0.117. The SMILES string of the molecule is Cc1ccsc1CN1CCCC(C)(c2nc(C)c3c(n2)N(C)C(=O)C3)C1. The van der Waals surface area contributed by atoms with Crippen LogP contribution < -0.4 is 4.90 Å². The largest absolute Gasteiger partial charge is 0.299 e. The number of carbonyl (C=O) groups is 1. The van der Waals surface area contributed by atoms with E-state index in [4.69, 9.17) is 9.97 Å². The molecule has 138 valence electrons. The van der Waals surface area contributed by atoms with Crippen LogP contribution in [0.25, 0.3) is 0 Å². The summed E-state index contributed by atoms with van der Waals surface area (Å²) in [5, 5.41) is 2.17. The van der Waals surface area contributed by atoms with Crippen molar-refractivity contribution in [2.24, 2.45) is 0 Å². The molecule has 0 N–H and O–H groups in total. The van der Waals surface area contributed by atoms with Crippen molar-refractivity contribution in [3.05, 3.63) is 39.0 Å². The average molecular weight is 371 g/mol. The molecule has 4 rings (SSSR count). The molecule has 1 atom stereocenters. The molecule has 0 radical (unpaired) electrons. The van der Waals surface area contributed by atoms with E-state index < -0.39 is 0 Å². The number of rotatable bonds is 3. The van der Waals surface area contributed by atoms with Gasteiger partial charge in [-0.1, -0.05) is 6.92 Å². The van der Waals surface area contributed by atoms with Crippen molar-refractivity contribution in [1.29, 1.82) is 0 Å². The quantitative estimate of drug-likeness (QED) is 0.832. The third-order valence-corrected chi connectivity index (χ3v) is 6.87. The molecule has 6 heteroatoms. The first-order valence-corrected chi connectivity index (χ1v) is 10.2. The molecule has 2 aliphatic heterocycles. The van der Waals surface area contributed by atoms with E-state index in [9.17, 15) is 4.79 Å². The highest BCUT2D eigenvalue weighted by atomic mass is 32.1. The van der Waals surface area contributed by atoms with E-state index in [2.05, 4.69) is 30.2 Å². The van der Waals surface area contributed by atoms with Crippen molar-refractivity contribution in [3.8, 4) is 0 Å². The van der Waals surface area contributed by atoms with Gasteiger partial charge in [-0.25, -0.2) is 9.97 Å². The third kappa shape index (κ3) is 2.95.